The molecule has 5 heterocycles. The third-order valence-electron chi connectivity index (χ3n) is 12.5. The van der Waals surface area contributed by atoms with Crippen molar-refractivity contribution in [3.8, 4) is 28.3 Å². The number of piperidine rings is 2. The van der Waals surface area contributed by atoms with Gasteiger partial charge in [0.1, 0.15) is 11.9 Å². The van der Waals surface area contributed by atoms with E-state index in [1.165, 1.54) is 0 Å². The number of benzene rings is 1. The molecule has 0 aliphatic carbocycles. The van der Waals surface area contributed by atoms with Crippen molar-refractivity contribution in [1.82, 2.24) is 19.9 Å². The Morgan fingerprint density at radius 3 is 2.20 bits per heavy atom. The van der Waals surface area contributed by atoms with Crippen molar-refractivity contribution >= 4 is 31.2 Å². The minimum Gasteiger partial charge on any atom is -0.417 e. The molecule has 2 fully saturated rings. The van der Waals surface area contributed by atoms with Crippen LogP contribution in [0.4, 0.5) is 11.5 Å². The molecule has 0 atom stereocenters. The van der Waals surface area contributed by atoms with E-state index in [1.54, 1.807) is 10.7 Å². The number of fused-ring (bicyclic) bond motifs is 1. The van der Waals surface area contributed by atoms with Gasteiger partial charge in [-0.15, -0.1) is 0 Å². The highest BCUT2D eigenvalue weighted by molar-refractivity contribution is 6.74. The first-order valence-electron chi connectivity index (χ1n) is 19.7. The zero-order valence-electron chi connectivity index (χ0n) is 33.6. The third kappa shape index (κ3) is 8.21. The van der Waals surface area contributed by atoms with Crippen LogP contribution in [-0.2, 0) is 9.22 Å². The van der Waals surface area contributed by atoms with Gasteiger partial charge in [0.25, 0.3) is 0 Å². The molecule has 288 valence electrons. The lowest BCUT2D eigenvalue weighted by atomic mass is 9.75. The van der Waals surface area contributed by atoms with E-state index < -0.39 is 13.9 Å². The molecule has 2 aliphatic rings. The van der Waals surface area contributed by atoms with Crippen molar-refractivity contribution in [3.63, 3.8) is 0 Å². The van der Waals surface area contributed by atoms with Gasteiger partial charge in [-0.05, 0) is 106 Å². The first kappa shape index (κ1) is 39.5. The zero-order valence-corrected chi connectivity index (χ0v) is 34.6. The molecule has 11 heteroatoms. The van der Waals surface area contributed by atoms with E-state index >= 15 is 0 Å². The maximum Gasteiger partial charge on any atom is 0.226 e. The molecule has 6 rings (SSSR count). The number of rotatable bonds is 11. The first-order chi connectivity index (χ1) is 25.6. The maximum atomic E-state index is 13.1. The molecule has 1 aromatic carbocycles. The Labute approximate surface area is 322 Å². The van der Waals surface area contributed by atoms with Crippen LogP contribution in [-0.4, -0.2) is 78.4 Å². The summed E-state index contributed by atoms with van der Waals surface area (Å²) in [5, 5.41) is 29.2. The number of hydrogen-bond donors (Lipinski definition) is 2. The van der Waals surface area contributed by atoms with E-state index in [0.29, 0.717) is 18.6 Å². The second-order valence-electron chi connectivity index (χ2n) is 17.4. The van der Waals surface area contributed by atoms with Gasteiger partial charge >= 0.3 is 0 Å². The van der Waals surface area contributed by atoms with E-state index in [1.807, 2.05) is 32.3 Å². The minimum atomic E-state index is -1.84. The molecule has 0 spiro atoms. The van der Waals surface area contributed by atoms with Crippen LogP contribution in [0, 0.1) is 16.7 Å². The average Bonchev–Trinajstić information content (AvgIpc) is 3.57. The predicted molar refractivity (Wildman–Crippen MR) is 220 cm³/mol. The van der Waals surface area contributed by atoms with Crippen molar-refractivity contribution in [1.29, 1.82) is 5.26 Å². The highest BCUT2D eigenvalue weighted by Gasteiger charge is 2.41. The molecule has 0 saturated carbocycles. The average molecular weight is 750 g/mol. The molecular weight excluding hydrogens is 691 g/mol. The molecule has 2 aliphatic heterocycles. The van der Waals surface area contributed by atoms with Gasteiger partial charge in [-0.2, -0.15) is 10.4 Å². The van der Waals surface area contributed by atoms with Crippen LogP contribution in [0.5, 0.6) is 0 Å². The van der Waals surface area contributed by atoms with Crippen LogP contribution in [0.25, 0.3) is 27.8 Å². The monoisotopic (exact) mass is 749 g/mol. The van der Waals surface area contributed by atoms with Gasteiger partial charge in [-0.25, -0.2) is 9.50 Å². The predicted octanol–water partition coefficient (Wildman–Crippen LogP) is 8.20. The summed E-state index contributed by atoms with van der Waals surface area (Å²) in [7, 11) is -1.84. The second-order valence-corrected chi connectivity index (χ2v) is 22.2. The summed E-state index contributed by atoms with van der Waals surface area (Å²) >= 11 is 0. The Kier molecular flexibility index (Phi) is 11.3. The maximum absolute atomic E-state index is 13.1. The van der Waals surface area contributed by atoms with E-state index in [9.17, 15) is 15.2 Å². The zero-order chi connectivity index (χ0) is 38.9. The number of amides is 1. The molecule has 0 unspecified atom stereocenters. The molecule has 10 nitrogen and oxygen atoms in total. The summed E-state index contributed by atoms with van der Waals surface area (Å²) in [6, 6.07) is 17.3. The number of carbonyl (C=O) groups is 1. The summed E-state index contributed by atoms with van der Waals surface area (Å²) in [6.45, 7) is 21.1. The Hall–Kier alpha value is -4.24. The lowest BCUT2D eigenvalue weighted by Crippen LogP contribution is -2.50. The van der Waals surface area contributed by atoms with E-state index in [2.05, 4.69) is 103 Å². The van der Waals surface area contributed by atoms with Crippen LogP contribution in [0.2, 0.25) is 18.1 Å². The van der Waals surface area contributed by atoms with Gasteiger partial charge in [-0.3, -0.25) is 4.79 Å². The highest BCUT2D eigenvalue weighted by Crippen LogP contribution is 2.39. The lowest BCUT2D eigenvalue weighted by molar-refractivity contribution is -0.133. The first-order valence-corrected chi connectivity index (χ1v) is 22.6. The number of nitrogens with zero attached hydrogens (tertiary/aromatic N) is 6. The third-order valence-corrected chi connectivity index (χ3v) is 17.0. The fraction of sp³-hybridized carbons (Fsp3) is 0.535. The molecular formula is C43H59N7O3Si. The fourth-order valence-electron chi connectivity index (χ4n) is 7.64. The number of nitriles is 1. The van der Waals surface area contributed by atoms with Gasteiger partial charge in [-0.1, -0.05) is 39.8 Å². The van der Waals surface area contributed by atoms with Gasteiger partial charge in [0, 0.05) is 73.6 Å². The molecule has 0 radical (unpaired) electrons. The molecule has 0 bridgehead atoms. The van der Waals surface area contributed by atoms with Crippen LogP contribution in [0.1, 0.15) is 85.6 Å². The SMILES string of the molecule is CCC1(C(=O)NC(C)C)CCN(c2ccc(-c3cc(-c4ccc(N5CCC(O)(CCO[Si](C)(C)C(C)(C)C)CC5)cc4)cn4ncc(C#N)c34)cn2)CC1. The summed E-state index contributed by atoms with van der Waals surface area (Å²) in [5.41, 5.74) is 5.22. The van der Waals surface area contributed by atoms with Gasteiger partial charge in [0.05, 0.1) is 28.3 Å². The number of hydrogen-bond acceptors (Lipinski definition) is 8. The molecule has 3 aromatic heterocycles. The van der Waals surface area contributed by atoms with Gasteiger partial charge < -0.3 is 24.6 Å². The number of aromatic nitrogens is 3. The minimum absolute atomic E-state index is 0.127. The van der Waals surface area contributed by atoms with Crippen molar-refractivity contribution in [2.75, 3.05) is 42.6 Å². The molecule has 2 N–H and O–H groups in total. The van der Waals surface area contributed by atoms with Gasteiger partial charge in [0.15, 0.2) is 8.32 Å². The molecule has 1 amide bonds. The fourth-order valence-corrected chi connectivity index (χ4v) is 8.69. The Balaban J connectivity index is 1.15. The van der Waals surface area contributed by atoms with Crippen LogP contribution >= 0.6 is 0 Å². The summed E-state index contributed by atoms with van der Waals surface area (Å²) < 4.78 is 8.18. The van der Waals surface area contributed by atoms with Crippen molar-refractivity contribution < 1.29 is 14.3 Å². The smallest absolute Gasteiger partial charge is 0.226 e. The molecule has 54 heavy (non-hydrogen) atoms. The summed E-state index contributed by atoms with van der Waals surface area (Å²) in [5.74, 6) is 1.05. The van der Waals surface area contributed by atoms with Crippen molar-refractivity contribution in [2.24, 2.45) is 5.41 Å². The molecule has 2 saturated heterocycles. The Morgan fingerprint density at radius 2 is 1.63 bits per heavy atom. The standard InChI is InChI=1S/C43H59N7O3Si/c1-9-42(40(51)47-31(2)3)16-21-49(22-17-42)38-15-12-33(28-45-38)37-26-34(30-50-39(37)35(27-44)29-46-50)32-10-13-36(14-11-32)48-23-18-43(52,19-24-48)20-25-53-54(7,8)41(4,5)6/h10-15,26,28-31,52H,9,16-25H2,1-8H3,(H,47,51). The topological polar surface area (TPSA) is 119 Å². The summed E-state index contributed by atoms with van der Waals surface area (Å²) in [4.78, 5) is 22.6. The van der Waals surface area contributed by atoms with E-state index in [4.69, 9.17) is 9.41 Å². The second kappa shape index (κ2) is 15.5. The lowest BCUT2D eigenvalue weighted by Gasteiger charge is -2.41. The van der Waals surface area contributed by atoms with E-state index in [-0.39, 0.29) is 22.4 Å². The number of anilines is 2. The number of nitrogens with one attached hydrogen (secondary N) is 1. The number of aliphatic hydroxyl groups is 1. The number of carbonyl (C=O) groups excluding carboxylic acids is 1. The number of pyridine rings is 2. The Bertz CT molecular complexity index is 1960. The quantitative estimate of drug-likeness (QED) is 0.147. The van der Waals surface area contributed by atoms with Crippen LogP contribution in [0.15, 0.2) is 61.1 Å². The normalized spacial score (nSPS) is 17.5. The summed E-state index contributed by atoms with van der Waals surface area (Å²) in [6.07, 6.45) is 10.0. The van der Waals surface area contributed by atoms with Crippen molar-refractivity contribution in [3.05, 3.63) is 66.6 Å². The van der Waals surface area contributed by atoms with E-state index in [0.717, 1.165) is 97.6 Å². The Morgan fingerprint density at radius 1 is 0.981 bits per heavy atom. The molecule has 4 aromatic rings. The van der Waals surface area contributed by atoms with Crippen LogP contribution < -0.4 is 15.1 Å². The highest BCUT2D eigenvalue weighted by atomic mass is 28.4. The van der Waals surface area contributed by atoms with Gasteiger partial charge in [0.2, 0.25) is 5.91 Å². The van der Waals surface area contributed by atoms with Crippen LogP contribution in [0.3, 0.4) is 0 Å². The largest absolute Gasteiger partial charge is 0.417 e. The van der Waals surface area contributed by atoms with Crippen molar-refractivity contribution in [2.45, 2.75) is 110 Å².